The number of carbonyl (C=O) groups excluding carboxylic acids is 1. The molecule has 0 saturated carbocycles. The van der Waals surface area contributed by atoms with E-state index in [0.29, 0.717) is 6.07 Å². The smallest absolute Gasteiger partial charge is 0.257 e. The van der Waals surface area contributed by atoms with Crippen LogP contribution in [-0.2, 0) is 5.54 Å². The summed E-state index contributed by atoms with van der Waals surface area (Å²) in [6, 6.07) is 8.63. The van der Waals surface area contributed by atoms with Crippen molar-refractivity contribution < 1.29 is 22.4 Å². The molecule has 0 aliphatic rings. The summed E-state index contributed by atoms with van der Waals surface area (Å²) in [6.45, 7) is 2.74. The zero-order valence-electron chi connectivity index (χ0n) is 17.8. The zero-order chi connectivity index (χ0) is 24.8. The van der Waals surface area contributed by atoms with Crippen molar-refractivity contribution in [3.63, 3.8) is 0 Å². The Morgan fingerprint density at radius 3 is 2.32 bits per heavy atom. The molecule has 34 heavy (non-hydrogen) atoms. The lowest BCUT2D eigenvalue weighted by Crippen LogP contribution is -2.44. The molecule has 174 valence electrons. The van der Waals surface area contributed by atoms with Gasteiger partial charge in [0.25, 0.3) is 5.91 Å². The van der Waals surface area contributed by atoms with E-state index in [4.69, 9.17) is 11.6 Å². The summed E-state index contributed by atoms with van der Waals surface area (Å²) in [6.07, 6.45) is 1.02. The van der Waals surface area contributed by atoms with Crippen molar-refractivity contribution in [3.05, 3.63) is 105 Å². The van der Waals surface area contributed by atoms with Gasteiger partial charge in [-0.3, -0.25) is 14.2 Å². The number of aromatic nitrogens is 2. The van der Waals surface area contributed by atoms with Gasteiger partial charge in [0.15, 0.2) is 0 Å². The number of benzene rings is 2. The van der Waals surface area contributed by atoms with Crippen LogP contribution in [0.3, 0.4) is 0 Å². The van der Waals surface area contributed by atoms with Crippen molar-refractivity contribution in [2.24, 2.45) is 0 Å². The van der Waals surface area contributed by atoms with Gasteiger partial charge in [-0.15, -0.1) is 0 Å². The van der Waals surface area contributed by atoms with Crippen LogP contribution in [0.4, 0.5) is 17.6 Å². The highest BCUT2D eigenvalue weighted by Gasteiger charge is 2.31. The molecule has 0 aliphatic heterocycles. The van der Waals surface area contributed by atoms with Gasteiger partial charge in [0.2, 0.25) is 5.43 Å². The Hall–Kier alpha value is -3.72. The minimum atomic E-state index is -1.56. The highest BCUT2D eigenvalue weighted by Crippen LogP contribution is 2.27. The zero-order valence-corrected chi connectivity index (χ0v) is 18.6. The Morgan fingerprint density at radius 2 is 1.68 bits per heavy atom. The van der Waals surface area contributed by atoms with Gasteiger partial charge in [-0.25, -0.2) is 22.5 Å². The number of carbonyl (C=O) groups is 1. The van der Waals surface area contributed by atoms with Crippen molar-refractivity contribution in [2.75, 3.05) is 0 Å². The number of hydrogen-bond acceptors (Lipinski definition) is 3. The van der Waals surface area contributed by atoms with Gasteiger partial charge < -0.3 is 5.32 Å². The highest BCUT2D eigenvalue weighted by atomic mass is 35.5. The molecule has 2 aromatic carbocycles. The first-order valence-electron chi connectivity index (χ1n) is 9.94. The molecule has 2 heterocycles. The van der Waals surface area contributed by atoms with Crippen LogP contribution >= 0.6 is 11.6 Å². The van der Waals surface area contributed by atoms with Crippen molar-refractivity contribution >= 4 is 28.5 Å². The van der Waals surface area contributed by atoms with Gasteiger partial charge in [0, 0.05) is 17.8 Å². The number of fused-ring (bicyclic) bond motifs is 1. The van der Waals surface area contributed by atoms with Crippen molar-refractivity contribution in [2.45, 2.75) is 19.4 Å². The van der Waals surface area contributed by atoms with Gasteiger partial charge >= 0.3 is 0 Å². The molecule has 1 amide bonds. The molecule has 0 saturated heterocycles. The van der Waals surface area contributed by atoms with Crippen LogP contribution < -0.4 is 10.7 Å². The lowest BCUT2D eigenvalue weighted by atomic mass is 9.92. The lowest BCUT2D eigenvalue weighted by Gasteiger charge is -2.28. The summed E-state index contributed by atoms with van der Waals surface area (Å²) in [5.41, 5.74) is -3.44. The first-order chi connectivity index (χ1) is 16.0. The topological polar surface area (TPSA) is 64.0 Å². The van der Waals surface area contributed by atoms with Gasteiger partial charge in [-0.05, 0) is 50.2 Å². The Labute approximate surface area is 195 Å². The summed E-state index contributed by atoms with van der Waals surface area (Å²) in [5, 5.41) is 2.38. The van der Waals surface area contributed by atoms with Gasteiger partial charge in [0.1, 0.15) is 39.6 Å². The summed E-state index contributed by atoms with van der Waals surface area (Å²) in [7, 11) is 0. The molecule has 5 nitrogen and oxygen atoms in total. The highest BCUT2D eigenvalue weighted by molar-refractivity contribution is 6.29. The fourth-order valence-corrected chi connectivity index (χ4v) is 3.85. The van der Waals surface area contributed by atoms with Crippen LogP contribution in [0.15, 0.2) is 59.5 Å². The molecule has 1 N–H and O–H groups in total. The van der Waals surface area contributed by atoms with Gasteiger partial charge in [-0.2, -0.15) is 0 Å². The molecule has 0 fully saturated rings. The second kappa shape index (κ2) is 8.57. The average Bonchev–Trinajstić information content (AvgIpc) is 2.74. The van der Waals surface area contributed by atoms with E-state index in [2.05, 4.69) is 10.3 Å². The third kappa shape index (κ3) is 4.14. The number of rotatable bonds is 4. The number of nitrogens with zero attached hydrogens (tertiary/aromatic N) is 2. The largest absolute Gasteiger partial charge is 0.343 e. The molecule has 4 rings (SSSR count). The number of hydrogen-bond donors (Lipinski definition) is 1. The predicted molar refractivity (Wildman–Crippen MR) is 119 cm³/mol. The second-order valence-corrected chi connectivity index (χ2v) is 8.41. The standard InChI is InChI=1S/C24H16ClF4N3O2/c1-24(2,20-15(27)4-3-5-16(20)28)31-23(34)14-11-32(18-8-6-12(26)10-17(18)29)22-13(21(14)33)7-9-19(25)30-22/h3-11H,1-2H3,(H,31,34). The summed E-state index contributed by atoms with van der Waals surface area (Å²) < 4.78 is 57.8. The second-order valence-electron chi connectivity index (χ2n) is 8.02. The molecule has 2 aromatic heterocycles. The molecule has 0 atom stereocenters. The van der Waals surface area contributed by atoms with E-state index in [1.807, 2.05) is 0 Å². The fraction of sp³-hybridized carbons (Fsp3) is 0.125. The third-order valence-electron chi connectivity index (χ3n) is 5.24. The normalized spacial score (nSPS) is 11.6. The summed E-state index contributed by atoms with van der Waals surface area (Å²) >= 11 is 5.95. The Kier molecular flexibility index (Phi) is 5.91. The molecular formula is C24H16ClF4N3O2. The molecule has 0 radical (unpaired) electrons. The minimum absolute atomic E-state index is 0.00321. The first kappa shape index (κ1) is 23.4. The molecule has 0 bridgehead atoms. The van der Waals surface area contributed by atoms with Gasteiger partial charge in [-0.1, -0.05) is 17.7 Å². The van der Waals surface area contributed by atoms with Crippen LogP contribution in [0.25, 0.3) is 16.7 Å². The number of amides is 1. The van der Waals surface area contributed by atoms with Crippen molar-refractivity contribution in [1.82, 2.24) is 14.9 Å². The molecule has 0 aliphatic carbocycles. The molecule has 0 spiro atoms. The SMILES string of the molecule is CC(C)(NC(=O)c1cn(-c2ccc(F)cc2F)c2nc(Cl)ccc2c1=O)c1c(F)cccc1F. The Morgan fingerprint density at radius 1 is 1.00 bits per heavy atom. The molecule has 10 heteroatoms. The van der Waals surface area contributed by atoms with E-state index in [1.54, 1.807) is 0 Å². The van der Waals surface area contributed by atoms with Crippen molar-refractivity contribution in [3.8, 4) is 5.69 Å². The van der Waals surface area contributed by atoms with Crippen LogP contribution in [-0.4, -0.2) is 15.5 Å². The molecule has 4 aromatic rings. The molecule has 0 unspecified atom stereocenters. The Bertz CT molecular complexity index is 1500. The maximum atomic E-state index is 14.6. The maximum absolute atomic E-state index is 14.6. The van der Waals surface area contributed by atoms with E-state index in [1.165, 1.54) is 32.0 Å². The van der Waals surface area contributed by atoms with E-state index >= 15 is 0 Å². The number of pyridine rings is 2. The van der Waals surface area contributed by atoms with Crippen LogP contribution in [0.5, 0.6) is 0 Å². The lowest BCUT2D eigenvalue weighted by molar-refractivity contribution is 0.0908. The molecular weight excluding hydrogens is 474 g/mol. The average molecular weight is 490 g/mol. The van der Waals surface area contributed by atoms with Crippen LogP contribution in [0.1, 0.15) is 29.8 Å². The maximum Gasteiger partial charge on any atom is 0.257 e. The number of nitrogens with one attached hydrogen (secondary N) is 1. The predicted octanol–water partition coefficient (Wildman–Crippen LogP) is 5.26. The quantitative estimate of drug-likeness (QED) is 0.314. The Balaban J connectivity index is 1.89. The van der Waals surface area contributed by atoms with E-state index in [-0.39, 0.29) is 21.9 Å². The van der Waals surface area contributed by atoms with E-state index in [0.717, 1.165) is 35.0 Å². The van der Waals surface area contributed by atoms with E-state index in [9.17, 15) is 27.2 Å². The van der Waals surface area contributed by atoms with E-state index < -0.39 is 51.3 Å². The summed E-state index contributed by atoms with van der Waals surface area (Å²) in [5.74, 6) is -4.54. The minimum Gasteiger partial charge on any atom is -0.343 e. The monoisotopic (exact) mass is 489 g/mol. The number of halogens is 5. The van der Waals surface area contributed by atoms with Crippen molar-refractivity contribution in [1.29, 1.82) is 0 Å². The summed E-state index contributed by atoms with van der Waals surface area (Å²) in [4.78, 5) is 30.3. The van der Waals surface area contributed by atoms with Crippen LogP contribution in [0.2, 0.25) is 5.15 Å². The third-order valence-corrected chi connectivity index (χ3v) is 5.45. The first-order valence-corrected chi connectivity index (χ1v) is 10.3. The van der Waals surface area contributed by atoms with Crippen LogP contribution in [0, 0.1) is 23.3 Å². The van der Waals surface area contributed by atoms with Gasteiger partial charge in [0.05, 0.1) is 16.6 Å². The fourth-order valence-electron chi connectivity index (χ4n) is 3.71.